The number of hydrogen-bond donors (Lipinski definition) is 0. The van der Waals surface area contributed by atoms with Gasteiger partial charge in [0.25, 0.3) is 0 Å². The van der Waals surface area contributed by atoms with Crippen LogP contribution in [-0.4, -0.2) is 5.78 Å². The molecule has 45 heavy (non-hydrogen) atoms. The first-order valence-corrected chi connectivity index (χ1v) is 18.3. The predicted molar refractivity (Wildman–Crippen MR) is 205 cm³/mol. The summed E-state index contributed by atoms with van der Waals surface area (Å²) in [6.45, 7) is 17.3. The molecule has 1 nitrogen and oxygen atoms in total. The molecule has 0 fully saturated rings. The van der Waals surface area contributed by atoms with Crippen LogP contribution in [0.5, 0.6) is 0 Å². The van der Waals surface area contributed by atoms with Crippen LogP contribution in [0.4, 0.5) is 0 Å². The zero-order valence-corrected chi connectivity index (χ0v) is 31.2. The van der Waals surface area contributed by atoms with Gasteiger partial charge in [-0.05, 0) is 174 Å². The van der Waals surface area contributed by atoms with E-state index >= 15 is 0 Å². The van der Waals surface area contributed by atoms with Crippen molar-refractivity contribution in [1.29, 1.82) is 0 Å². The summed E-state index contributed by atoms with van der Waals surface area (Å²) in [5.74, 6) is 0.119. The predicted octanol–water partition coefficient (Wildman–Crippen LogP) is 13.3. The van der Waals surface area contributed by atoms with Crippen LogP contribution in [0.15, 0.2) is 54.6 Å². The van der Waals surface area contributed by atoms with Crippen LogP contribution in [-0.2, 0) is 12.8 Å². The number of carbonyl (C=O) groups is 1. The third-order valence-electron chi connectivity index (χ3n) is 9.51. The van der Waals surface area contributed by atoms with E-state index in [-0.39, 0.29) is 5.78 Å². The summed E-state index contributed by atoms with van der Waals surface area (Å²) in [5, 5.41) is 0. The van der Waals surface area contributed by atoms with Crippen LogP contribution in [0, 0.1) is 38.2 Å². The lowest BCUT2D eigenvalue weighted by Crippen LogP contribution is -2.00. The Morgan fingerprint density at radius 2 is 1.02 bits per heavy atom. The van der Waals surface area contributed by atoms with Gasteiger partial charge in [-0.25, -0.2) is 0 Å². The monoisotopic (exact) mass is 712 g/mol. The molecular formula is C43H53IO. The van der Waals surface area contributed by atoms with Crippen LogP contribution >= 0.6 is 22.6 Å². The Balaban J connectivity index is 1.73. The van der Waals surface area contributed by atoms with Crippen molar-refractivity contribution in [3.05, 3.63) is 103 Å². The molecular weight excluding hydrogens is 659 g/mol. The third kappa shape index (κ3) is 8.56. The highest BCUT2D eigenvalue weighted by Gasteiger charge is 2.17. The van der Waals surface area contributed by atoms with Gasteiger partial charge < -0.3 is 0 Å². The molecule has 0 aliphatic carbocycles. The molecule has 0 spiro atoms. The number of Topliss-reactive ketones (excluding diaryl/α,β-unsaturated/α-hetero) is 1. The highest BCUT2D eigenvalue weighted by molar-refractivity contribution is 14.1. The van der Waals surface area contributed by atoms with E-state index in [1.54, 1.807) is 6.92 Å². The SMILES string of the molecule is CCCCCCc1cc(-c2cc(C)c(-c3cc(C)c(-c4ccc(C(C)=O)c(C)c4)cc3C)cc2C)c(CCCCCC)cc1I. The van der Waals surface area contributed by atoms with E-state index in [2.05, 4.69) is 113 Å². The fourth-order valence-corrected chi connectivity index (χ4v) is 7.63. The Labute approximate surface area is 287 Å². The topological polar surface area (TPSA) is 17.1 Å². The number of benzene rings is 4. The van der Waals surface area contributed by atoms with Gasteiger partial charge >= 0.3 is 0 Å². The van der Waals surface area contributed by atoms with Crippen molar-refractivity contribution < 1.29 is 4.79 Å². The van der Waals surface area contributed by atoms with Crippen molar-refractivity contribution in [2.45, 2.75) is 120 Å². The second kappa shape index (κ2) is 16.2. The first-order chi connectivity index (χ1) is 21.5. The molecule has 238 valence electrons. The number of unbranched alkanes of at least 4 members (excludes halogenated alkanes) is 6. The molecule has 0 radical (unpaired) electrons. The van der Waals surface area contributed by atoms with Crippen LogP contribution in [0.25, 0.3) is 33.4 Å². The highest BCUT2D eigenvalue weighted by atomic mass is 127. The van der Waals surface area contributed by atoms with E-state index in [0.29, 0.717) is 0 Å². The first kappa shape index (κ1) is 35.1. The van der Waals surface area contributed by atoms with E-state index in [4.69, 9.17) is 0 Å². The van der Waals surface area contributed by atoms with Crippen LogP contribution in [0.3, 0.4) is 0 Å². The van der Waals surface area contributed by atoms with Crippen molar-refractivity contribution in [2.75, 3.05) is 0 Å². The number of ketones is 1. The van der Waals surface area contributed by atoms with E-state index < -0.39 is 0 Å². The maximum absolute atomic E-state index is 12.0. The maximum Gasteiger partial charge on any atom is 0.160 e. The molecule has 0 aliphatic heterocycles. The fourth-order valence-electron chi connectivity index (χ4n) is 6.83. The summed E-state index contributed by atoms with van der Waals surface area (Å²) < 4.78 is 1.43. The van der Waals surface area contributed by atoms with Gasteiger partial charge in [-0.3, -0.25) is 4.79 Å². The van der Waals surface area contributed by atoms with Gasteiger partial charge in [0.05, 0.1) is 0 Å². The Morgan fingerprint density at radius 3 is 1.53 bits per heavy atom. The standard InChI is InChI=1S/C43H53IO/c1-9-11-13-15-17-34-27-43(44)36(18-16-14-12-10-2)26-42(34)41-25-31(6)40(24-32(41)7)39-23-29(4)38(22-30(39)5)35-19-20-37(33(8)45)28(3)21-35/h19-27H,9-18H2,1-8H3. The van der Waals surface area contributed by atoms with Crippen LogP contribution in [0.1, 0.15) is 121 Å². The van der Waals surface area contributed by atoms with Gasteiger partial charge in [0.15, 0.2) is 5.78 Å². The lowest BCUT2D eigenvalue weighted by atomic mass is 9.85. The van der Waals surface area contributed by atoms with Gasteiger partial charge in [-0.15, -0.1) is 0 Å². The summed E-state index contributed by atoms with van der Waals surface area (Å²) in [6.07, 6.45) is 12.6. The van der Waals surface area contributed by atoms with Gasteiger partial charge in [0, 0.05) is 9.13 Å². The summed E-state index contributed by atoms with van der Waals surface area (Å²) in [4.78, 5) is 12.0. The average molecular weight is 713 g/mol. The number of halogens is 1. The van der Waals surface area contributed by atoms with Gasteiger partial charge in [0.2, 0.25) is 0 Å². The molecule has 4 rings (SSSR count). The van der Waals surface area contributed by atoms with Gasteiger partial charge in [-0.2, -0.15) is 0 Å². The molecule has 0 N–H and O–H groups in total. The Kier molecular flexibility index (Phi) is 12.7. The highest BCUT2D eigenvalue weighted by Crippen LogP contribution is 2.39. The van der Waals surface area contributed by atoms with Crippen LogP contribution < -0.4 is 0 Å². The summed E-state index contributed by atoms with van der Waals surface area (Å²) in [5.41, 5.74) is 17.9. The molecule has 0 aromatic heterocycles. The minimum atomic E-state index is 0.119. The van der Waals surface area contributed by atoms with Crippen molar-refractivity contribution in [1.82, 2.24) is 0 Å². The van der Waals surface area contributed by atoms with Gasteiger partial charge in [0.1, 0.15) is 0 Å². The van der Waals surface area contributed by atoms with Crippen molar-refractivity contribution in [2.24, 2.45) is 0 Å². The Bertz CT molecular complexity index is 1660. The van der Waals surface area contributed by atoms with Crippen molar-refractivity contribution in [3.8, 4) is 33.4 Å². The van der Waals surface area contributed by atoms with E-state index in [1.807, 2.05) is 13.0 Å². The smallest absolute Gasteiger partial charge is 0.160 e. The van der Waals surface area contributed by atoms with E-state index in [9.17, 15) is 4.79 Å². The normalized spacial score (nSPS) is 11.3. The summed E-state index contributed by atoms with van der Waals surface area (Å²) in [6, 6.07) is 20.8. The lowest BCUT2D eigenvalue weighted by molar-refractivity contribution is 0.101. The molecule has 0 heterocycles. The number of hydrogen-bond acceptors (Lipinski definition) is 1. The fraction of sp³-hybridized carbons (Fsp3) is 0.419. The molecule has 0 amide bonds. The Hall–Kier alpha value is -2.72. The number of rotatable bonds is 14. The third-order valence-corrected chi connectivity index (χ3v) is 10.5. The van der Waals surface area contributed by atoms with Gasteiger partial charge in [-0.1, -0.05) is 94.8 Å². The second-order valence-corrected chi connectivity index (χ2v) is 14.4. The van der Waals surface area contributed by atoms with Crippen LogP contribution in [0.2, 0.25) is 0 Å². The minimum Gasteiger partial charge on any atom is -0.295 e. The maximum atomic E-state index is 12.0. The average Bonchev–Trinajstić information content (AvgIpc) is 3.00. The van der Waals surface area contributed by atoms with E-state index in [0.717, 1.165) is 17.5 Å². The summed E-state index contributed by atoms with van der Waals surface area (Å²) >= 11 is 2.58. The number of aryl methyl sites for hydroxylation is 7. The van der Waals surface area contributed by atoms with Crippen molar-refractivity contribution in [3.63, 3.8) is 0 Å². The second-order valence-electron chi connectivity index (χ2n) is 13.3. The summed E-state index contributed by atoms with van der Waals surface area (Å²) in [7, 11) is 0. The zero-order valence-electron chi connectivity index (χ0n) is 29.1. The lowest BCUT2D eigenvalue weighted by Gasteiger charge is -2.20. The first-order valence-electron chi connectivity index (χ1n) is 17.2. The molecule has 4 aromatic rings. The molecule has 4 aromatic carbocycles. The largest absolute Gasteiger partial charge is 0.295 e. The minimum absolute atomic E-state index is 0.119. The quantitative estimate of drug-likeness (QED) is 0.0723. The molecule has 0 saturated carbocycles. The molecule has 2 heteroatoms. The molecule has 0 bridgehead atoms. The molecule has 0 aliphatic rings. The molecule has 0 saturated heterocycles. The Morgan fingerprint density at radius 1 is 0.533 bits per heavy atom. The van der Waals surface area contributed by atoms with Crippen molar-refractivity contribution >= 4 is 28.4 Å². The molecule has 0 unspecified atom stereocenters. The van der Waals surface area contributed by atoms with E-state index in [1.165, 1.54) is 128 Å². The zero-order chi connectivity index (χ0) is 32.7. The number of carbonyl (C=O) groups excluding carboxylic acids is 1. The molecule has 0 atom stereocenters.